The Bertz CT molecular complexity index is 359. The van der Waals surface area contributed by atoms with E-state index in [0.29, 0.717) is 12.8 Å². The maximum Gasteiger partial charge on any atom is 0.0922 e. The van der Waals surface area contributed by atoms with Crippen LogP contribution < -0.4 is 5.11 Å². The van der Waals surface area contributed by atoms with Gasteiger partial charge in [-0.05, 0) is 52.4 Å². The zero-order chi connectivity index (χ0) is 15.0. The van der Waals surface area contributed by atoms with Crippen LogP contribution in [0.4, 0.5) is 0 Å². The first-order valence-corrected chi connectivity index (χ1v) is 7.85. The van der Waals surface area contributed by atoms with E-state index in [4.69, 9.17) is 4.74 Å². The van der Waals surface area contributed by atoms with Crippen LogP contribution in [0.1, 0.15) is 65.7 Å². The smallest absolute Gasteiger partial charge is 0.0922 e. The van der Waals surface area contributed by atoms with E-state index in [-0.39, 0.29) is 5.92 Å². The van der Waals surface area contributed by atoms with Gasteiger partial charge in [0.2, 0.25) is 0 Å². The lowest BCUT2D eigenvalue weighted by Gasteiger charge is -2.51. The van der Waals surface area contributed by atoms with Gasteiger partial charge in [0.05, 0.1) is 17.3 Å². The molecule has 0 aromatic carbocycles. The van der Waals surface area contributed by atoms with E-state index in [1.807, 2.05) is 6.92 Å². The molecule has 0 aromatic heterocycles. The number of carbonyl (C=O) groups excluding carboxylic acids is 1. The summed E-state index contributed by atoms with van der Waals surface area (Å²) in [5.74, 6) is -1.37. The van der Waals surface area contributed by atoms with Crippen molar-refractivity contribution in [2.24, 2.45) is 11.8 Å². The highest BCUT2D eigenvalue weighted by atomic mass is 16.5. The van der Waals surface area contributed by atoms with E-state index in [2.05, 4.69) is 0 Å². The van der Waals surface area contributed by atoms with E-state index in [1.54, 1.807) is 13.8 Å². The van der Waals surface area contributed by atoms with Crippen LogP contribution in [0.2, 0.25) is 0 Å². The van der Waals surface area contributed by atoms with Crippen molar-refractivity contribution in [1.82, 2.24) is 0 Å². The van der Waals surface area contributed by atoms with Crippen molar-refractivity contribution in [2.75, 3.05) is 0 Å². The third-order valence-corrected chi connectivity index (χ3v) is 5.27. The molecule has 1 saturated heterocycles. The van der Waals surface area contributed by atoms with Crippen LogP contribution in [0.5, 0.6) is 0 Å². The van der Waals surface area contributed by atoms with Crippen LogP contribution >= 0.6 is 0 Å². The summed E-state index contributed by atoms with van der Waals surface area (Å²) in [5, 5.41) is 21.9. The second kappa shape index (κ2) is 5.64. The molecule has 0 unspecified atom stereocenters. The number of aliphatic hydroxyl groups excluding tert-OH is 1. The fraction of sp³-hybridized carbons (Fsp3) is 0.938. The van der Waals surface area contributed by atoms with Gasteiger partial charge in [-0.1, -0.05) is 19.3 Å². The number of hydrogen-bond donors (Lipinski definition) is 1. The fourth-order valence-electron chi connectivity index (χ4n) is 4.06. The summed E-state index contributed by atoms with van der Waals surface area (Å²) in [4.78, 5) is 11.2. The van der Waals surface area contributed by atoms with Gasteiger partial charge in [0.1, 0.15) is 0 Å². The quantitative estimate of drug-likeness (QED) is 0.855. The molecule has 1 aliphatic heterocycles. The summed E-state index contributed by atoms with van der Waals surface area (Å²) >= 11 is 0. The Morgan fingerprint density at radius 3 is 2.30 bits per heavy atom. The number of aliphatic carboxylic acids is 1. The Morgan fingerprint density at radius 1 is 1.20 bits per heavy atom. The van der Waals surface area contributed by atoms with Gasteiger partial charge < -0.3 is 19.7 Å². The molecule has 1 saturated carbocycles. The monoisotopic (exact) mass is 283 g/mol. The Balaban J connectivity index is 2.09. The Hall–Kier alpha value is -0.610. The van der Waals surface area contributed by atoms with E-state index < -0.39 is 29.2 Å². The minimum atomic E-state index is -1.05. The summed E-state index contributed by atoms with van der Waals surface area (Å²) in [6, 6.07) is 0. The summed E-state index contributed by atoms with van der Waals surface area (Å²) in [5.41, 5.74) is -1.43. The first kappa shape index (κ1) is 15.8. The number of aliphatic hydroxyl groups is 1. The SMILES string of the molecule is CC1(C)O[C@](C)([C@H](O)C2CCCCC2)CC[C@@H]1C(=O)[O-]. The summed E-state index contributed by atoms with van der Waals surface area (Å²) in [6.45, 7) is 5.51. The summed E-state index contributed by atoms with van der Waals surface area (Å²) < 4.78 is 6.08. The summed E-state index contributed by atoms with van der Waals surface area (Å²) in [6.07, 6.45) is 6.26. The molecule has 0 bridgehead atoms. The van der Waals surface area contributed by atoms with Gasteiger partial charge in [-0.25, -0.2) is 0 Å². The van der Waals surface area contributed by atoms with Crippen molar-refractivity contribution in [3.05, 3.63) is 0 Å². The van der Waals surface area contributed by atoms with Crippen molar-refractivity contribution in [3.8, 4) is 0 Å². The van der Waals surface area contributed by atoms with Gasteiger partial charge in [0.15, 0.2) is 0 Å². The lowest BCUT2D eigenvalue weighted by molar-refractivity contribution is -0.328. The maximum absolute atomic E-state index is 11.2. The first-order chi connectivity index (χ1) is 9.26. The second-order valence-corrected chi connectivity index (χ2v) is 7.27. The number of ether oxygens (including phenoxy) is 1. The maximum atomic E-state index is 11.2. The van der Waals surface area contributed by atoms with Gasteiger partial charge >= 0.3 is 0 Å². The molecule has 2 fully saturated rings. The lowest BCUT2D eigenvalue weighted by Crippen LogP contribution is -2.59. The van der Waals surface area contributed by atoms with Crippen LogP contribution in [-0.2, 0) is 9.53 Å². The Morgan fingerprint density at radius 2 is 1.80 bits per heavy atom. The molecule has 3 atom stereocenters. The number of hydrogen-bond acceptors (Lipinski definition) is 4. The fourth-order valence-corrected chi connectivity index (χ4v) is 4.06. The van der Waals surface area contributed by atoms with Crippen molar-refractivity contribution < 1.29 is 19.7 Å². The molecular formula is C16H27O4-. The van der Waals surface area contributed by atoms with Gasteiger partial charge in [-0.2, -0.15) is 0 Å². The average Bonchev–Trinajstić information content (AvgIpc) is 2.37. The van der Waals surface area contributed by atoms with Crippen LogP contribution in [0.25, 0.3) is 0 Å². The molecule has 0 radical (unpaired) electrons. The summed E-state index contributed by atoms with van der Waals surface area (Å²) in [7, 11) is 0. The molecule has 0 amide bonds. The van der Waals surface area contributed by atoms with E-state index in [1.165, 1.54) is 19.3 Å². The highest BCUT2D eigenvalue weighted by Gasteiger charge is 2.49. The molecule has 0 aromatic rings. The van der Waals surface area contributed by atoms with Crippen molar-refractivity contribution in [1.29, 1.82) is 0 Å². The van der Waals surface area contributed by atoms with Crippen molar-refractivity contribution >= 4 is 5.97 Å². The number of rotatable bonds is 3. The molecule has 2 aliphatic rings. The molecule has 20 heavy (non-hydrogen) atoms. The number of carboxylic acid groups (broad SMARTS) is 1. The predicted molar refractivity (Wildman–Crippen MR) is 73.9 cm³/mol. The van der Waals surface area contributed by atoms with Crippen molar-refractivity contribution in [2.45, 2.75) is 83.0 Å². The first-order valence-electron chi connectivity index (χ1n) is 7.85. The molecule has 1 heterocycles. The van der Waals surface area contributed by atoms with Crippen LogP contribution in [-0.4, -0.2) is 28.4 Å². The van der Waals surface area contributed by atoms with E-state index >= 15 is 0 Å². The van der Waals surface area contributed by atoms with E-state index in [9.17, 15) is 15.0 Å². The normalized spacial score (nSPS) is 36.5. The topological polar surface area (TPSA) is 69.6 Å². The third kappa shape index (κ3) is 3.01. The molecule has 116 valence electrons. The molecule has 4 heteroatoms. The molecule has 4 nitrogen and oxygen atoms in total. The third-order valence-electron chi connectivity index (χ3n) is 5.27. The van der Waals surface area contributed by atoms with Gasteiger partial charge in [0.25, 0.3) is 0 Å². The molecule has 2 rings (SSSR count). The molecule has 1 N–H and O–H groups in total. The van der Waals surface area contributed by atoms with Crippen LogP contribution in [0.15, 0.2) is 0 Å². The van der Waals surface area contributed by atoms with Crippen molar-refractivity contribution in [3.63, 3.8) is 0 Å². The Labute approximate surface area is 121 Å². The minimum Gasteiger partial charge on any atom is -0.550 e. The van der Waals surface area contributed by atoms with Gasteiger partial charge in [-0.15, -0.1) is 0 Å². The zero-order valence-electron chi connectivity index (χ0n) is 12.9. The standard InChI is InChI=1S/C16H28O4/c1-15(2)12(14(18)19)9-10-16(3,20-15)13(17)11-7-5-4-6-8-11/h11-13,17H,4-10H2,1-3H3,(H,18,19)/p-1/t12-,13-,16+/m1/s1. The van der Waals surface area contributed by atoms with Gasteiger partial charge in [-0.3, -0.25) is 0 Å². The molecule has 1 aliphatic carbocycles. The van der Waals surface area contributed by atoms with E-state index in [0.717, 1.165) is 12.8 Å². The Kier molecular flexibility index (Phi) is 4.45. The number of carbonyl (C=O) groups is 1. The van der Waals surface area contributed by atoms with Crippen LogP contribution in [0.3, 0.4) is 0 Å². The second-order valence-electron chi connectivity index (χ2n) is 7.27. The minimum absolute atomic E-state index is 0.282. The van der Waals surface area contributed by atoms with Crippen LogP contribution in [0, 0.1) is 11.8 Å². The predicted octanol–water partition coefficient (Wildman–Crippen LogP) is 1.64. The highest BCUT2D eigenvalue weighted by molar-refractivity contribution is 5.69. The molecule has 0 spiro atoms. The van der Waals surface area contributed by atoms with Gasteiger partial charge in [0, 0.05) is 11.9 Å². The number of carboxylic acids is 1. The molecular weight excluding hydrogens is 256 g/mol. The highest BCUT2D eigenvalue weighted by Crippen LogP contribution is 2.44. The lowest BCUT2D eigenvalue weighted by atomic mass is 9.72. The zero-order valence-corrected chi connectivity index (χ0v) is 12.9. The average molecular weight is 283 g/mol. The largest absolute Gasteiger partial charge is 0.550 e.